The summed E-state index contributed by atoms with van der Waals surface area (Å²) in [4.78, 5) is 38.9. The number of aromatic nitrogens is 1. The van der Waals surface area contributed by atoms with Crippen molar-refractivity contribution < 1.29 is 19.5 Å². The number of benzene rings is 1. The number of piperidine rings is 1. The fraction of sp³-hybridized carbons (Fsp3) is 0.417. The molecule has 0 saturated carbocycles. The number of amides is 2. The van der Waals surface area contributed by atoms with Crippen LogP contribution in [0, 0.1) is 6.92 Å². The van der Waals surface area contributed by atoms with Crippen molar-refractivity contribution in [3.63, 3.8) is 0 Å². The average Bonchev–Trinajstić information content (AvgIpc) is 2.79. The van der Waals surface area contributed by atoms with Crippen molar-refractivity contribution in [2.75, 3.05) is 31.5 Å². The molecule has 0 radical (unpaired) electrons. The van der Waals surface area contributed by atoms with Gasteiger partial charge in [0.05, 0.1) is 0 Å². The fourth-order valence-corrected chi connectivity index (χ4v) is 3.73. The maximum absolute atomic E-state index is 12.1. The Bertz CT molecular complexity index is 860. The Kier molecular flexibility index (Phi) is 10.9. The van der Waals surface area contributed by atoms with Crippen molar-refractivity contribution in [2.24, 2.45) is 0 Å². The summed E-state index contributed by atoms with van der Waals surface area (Å²) in [7, 11) is 0. The number of carbonyl (C=O) groups excluding carboxylic acids is 2. The summed E-state index contributed by atoms with van der Waals surface area (Å²) >= 11 is 0. The molecule has 2 aromatic rings. The lowest BCUT2D eigenvalue weighted by atomic mass is 9.91. The Morgan fingerprint density at radius 1 is 1.19 bits per heavy atom. The van der Waals surface area contributed by atoms with Crippen molar-refractivity contribution in [3.05, 3.63) is 59.8 Å². The highest BCUT2D eigenvalue weighted by atomic mass is 16.3. The Morgan fingerprint density at radius 2 is 1.91 bits per heavy atom. The molecule has 3 rings (SSSR count). The minimum Gasteiger partial charge on any atom is -0.483 e. The van der Waals surface area contributed by atoms with Gasteiger partial charge in [0.1, 0.15) is 5.82 Å². The van der Waals surface area contributed by atoms with Crippen LogP contribution in [0.4, 0.5) is 5.82 Å². The first-order chi connectivity index (χ1) is 15.5. The van der Waals surface area contributed by atoms with E-state index in [1.165, 1.54) is 18.4 Å². The molecule has 3 N–H and O–H groups in total. The van der Waals surface area contributed by atoms with Gasteiger partial charge in [-0.1, -0.05) is 30.3 Å². The molecule has 1 saturated heterocycles. The lowest BCUT2D eigenvalue weighted by Crippen LogP contribution is -2.40. The number of likely N-dealkylation sites (tertiary alicyclic amines) is 1. The van der Waals surface area contributed by atoms with E-state index in [0.29, 0.717) is 18.3 Å². The molecule has 1 aromatic heterocycles. The van der Waals surface area contributed by atoms with Crippen LogP contribution in [-0.2, 0) is 14.4 Å². The average molecular weight is 441 g/mol. The smallest absolute Gasteiger partial charge is 0.290 e. The Balaban J connectivity index is 0.00000114. The molecule has 32 heavy (non-hydrogen) atoms. The molecule has 2 amide bonds. The van der Waals surface area contributed by atoms with E-state index >= 15 is 0 Å². The van der Waals surface area contributed by atoms with Gasteiger partial charge < -0.3 is 20.6 Å². The topological polar surface area (TPSA) is 112 Å². The van der Waals surface area contributed by atoms with Crippen LogP contribution in [0.15, 0.2) is 48.7 Å². The Morgan fingerprint density at radius 3 is 2.62 bits per heavy atom. The van der Waals surface area contributed by atoms with E-state index in [2.05, 4.69) is 50.8 Å². The highest BCUT2D eigenvalue weighted by Crippen LogP contribution is 2.26. The zero-order valence-electron chi connectivity index (χ0n) is 18.5. The quantitative estimate of drug-likeness (QED) is 0.544. The molecule has 0 spiro atoms. The lowest BCUT2D eigenvalue weighted by molar-refractivity contribution is -0.124. The standard InChI is InChI=1S/C23H30N4O2.CH2O2/c1-18-11-12-24-21(16-18)26-23(29)10-9-22(28)25-13-15-27-14-5-8-20(17-27)19-6-3-2-4-7-19;2-1-3/h2-4,6-7,11-12,16,20H,5,8-10,13-15,17H2,1H3,(H,25,28)(H,24,26,29);1H,(H,2,3). The van der Waals surface area contributed by atoms with Gasteiger partial charge in [0.25, 0.3) is 6.47 Å². The molecule has 1 aromatic carbocycles. The van der Waals surface area contributed by atoms with Crippen LogP contribution in [0.3, 0.4) is 0 Å². The SMILES string of the molecule is Cc1ccnc(NC(=O)CCC(=O)NCCN2CCCC(c3ccccc3)C2)c1.O=CO. The van der Waals surface area contributed by atoms with Gasteiger partial charge in [-0.3, -0.25) is 14.4 Å². The molecule has 8 nitrogen and oxygen atoms in total. The van der Waals surface area contributed by atoms with Crippen molar-refractivity contribution in [3.8, 4) is 0 Å². The highest BCUT2D eigenvalue weighted by Gasteiger charge is 2.20. The monoisotopic (exact) mass is 440 g/mol. The van der Waals surface area contributed by atoms with E-state index in [9.17, 15) is 9.59 Å². The van der Waals surface area contributed by atoms with E-state index in [-0.39, 0.29) is 31.1 Å². The van der Waals surface area contributed by atoms with Gasteiger partial charge in [0.15, 0.2) is 0 Å². The third kappa shape index (κ3) is 9.26. The molecule has 1 fully saturated rings. The number of nitrogens with zero attached hydrogens (tertiary/aromatic N) is 2. The van der Waals surface area contributed by atoms with Crippen molar-refractivity contribution in [1.82, 2.24) is 15.2 Å². The number of hydrogen-bond acceptors (Lipinski definition) is 5. The summed E-state index contributed by atoms with van der Waals surface area (Å²) in [6.07, 6.45) is 4.39. The highest BCUT2D eigenvalue weighted by molar-refractivity contribution is 5.92. The van der Waals surface area contributed by atoms with E-state index in [1.54, 1.807) is 12.3 Å². The number of aryl methyl sites for hydroxylation is 1. The van der Waals surface area contributed by atoms with Gasteiger partial charge in [-0.15, -0.1) is 0 Å². The van der Waals surface area contributed by atoms with E-state index in [4.69, 9.17) is 9.90 Å². The molecule has 1 unspecified atom stereocenters. The van der Waals surface area contributed by atoms with E-state index in [1.807, 2.05) is 13.0 Å². The Hall–Kier alpha value is -3.26. The number of rotatable bonds is 8. The van der Waals surface area contributed by atoms with Crippen LogP contribution in [-0.4, -0.2) is 59.5 Å². The first kappa shape index (κ1) is 25.0. The van der Waals surface area contributed by atoms with E-state index in [0.717, 1.165) is 25.2 Å². The molecule has 0 bridgehead atoms. The van der Waals surface area contributed by atoms with Crippen LogP contribution in [0.5, 0.6) is 0 Å². The van der Waals surface area contributed by atoms with Crippen molar-refractivity contribution in [1.29, 1.82) is 0 Å². The fourth-order valence-electron chi connectivity index (χ4n) is 3.73. The maximum Gasteiger partial charge on any atom is 0.290 e. The molecular formula is C24H32N4O4. The van der Waals surface area contributed by atoms with Crippen molar-refractivity contribution in [2.45, 2.75) is 38.5 Å². The largest absolute Gasteiger partial charge is 0.483 e. The van der Waals surface area contributed by atoms with Gasteiger partial charge >= 0.3 is 0 Å². The molecule has 2 heterocycles. The molecule has 0 aliphatic carbocycles. The summed E-state index contributed by atoms with van der Waals surface area (Å²) in [5, 5.41) is 12.6. The molecule has 1 atom stereocenters. The summed E-state index contributed by atoms with van der Waals surface area (Å²) in [5.74, 6) is 0.807. The predicted molar refractivity (Wildman–Crippen MR) is 123 cm³/mol. The molecule has 8 heteroatoms. The van der Waals surface area contributed by atoms with Crippen LogP contribution in [0.2, 0.25) is 0 Å². The zero-order valence-corrected chi connectivity index (χ0v) is 18.5. The van der Waals surface area contributed by atoms with Crippen LogP contribution in [0.1, 0.15) is 42.7 Å². The van der Waals surface area contributed by atoms with E-state index < -0.39 is 0 Å². The number of carbonyl (C=O) groups is 3. The third-order valence-electron chi connectivity index (χ3n) is 5.29. The lowest BCUT2D eigenvalue weighted by Gasteiger charge is -2.33. The second-order valence-corrected chi connectivity index (χ2v) is 7.77. The molecule has 172 valence electrons. The van der Waals surface area contributed by atoms with Crippen molar-refractivity contribution >= 4 is 24.1 Å². The first-order valence-corrected chi connectivity index (χ1v) is 10.9. The summed E-state index contributed by atoms with van der Waals surface area (Å²) in [5.41, 5.74) is 2.43. The summed E-state index contributed by atoms with van der Waals surface area (Å²) in [6, 6.07) is 14.3. The number of carboxylic acid groups (broad SMARTS) is 1. The second kappa shape index (κ2) is 13.9. The van der Waals surface area contributed by atoms with Crippen LogP contribution >= 0.6 is 0 Å². The third-order valence-corrected chi connectivity index (χ3v) is 5.29. The van der Waals surface area contributed by atoms with Gasteiger partial charge in [-0.05, 0) is 55.5 Å². The second-order valence-electron chi connectivity index (χ2n) is 7.77. The first-order valence-electron chi connectivity index (χ1n) is 10.9. The minimum absolute atomic E-state index is 0.0889. The zero-order chi connectivity index (χ0) is 23.2. The normalized spacial score (nSPS) is 15.7. The Labute approximate surface area is 189 Å². The molecule has 1 aliphatic heterocycles. The minimum atomic E-state index is -0.250. The molecular weight excluding hydrogens is 408 g/mol. The van der Waals surface area contributed by atoms with Crippen LogP contribution < -0.4 is 10.6 Å². The van der Waals surface area contributed by atoms with Gasteiger partial charge in [0.2, 0.25) is 11.8 Å². The van der Waals surface area contributed by atoms with Gasteiger partial charge in [-0.25, -0.2) is 4.98 Å². The molecule has 1 aliphatic rings. The maximum atomic E-state index is 12.1. The number of nitrogens with one attached hydrogen (secondary N) is 2. The number of hydrogen-bond donors (Lipinski definition) is 3. The number of anilines is 1. The number of pyridine rings is 1. The van der Waals surface area contributed by atoms with Gasteiger partial charge in [0, 0.05) is 38.7 Å². The summed E-state index contributed by atoms with van der Waals surface area (Å²) in [6.45, 7) is 5.25. The summed E-state index contributed by atoms with van der Waals surface area (Å²) < 4.78 is 0. The van der Waals surface area contributed by atoms with Crippen LogP contribution in [0.25, 0.3) is 0 Å². The predicted octanol–water partition coefficient (Wildman–Crippen LogP) is 2.81. The van der Waals surface area contributed by atoms with Gasteiger partial charge in [-0.2, -0.15) is 0 Å².